The van der Waals surface area contributed by atoms with Crippen LogP contribution in [0, 0.1) is 0 Å². The molecule has 0 spiro atoms. The molecule has 0 saturated carbocycles. The monoisotopic (exact) mass is 668 g/mol. The first-order chi connectivity index (χ1) is 23.0. The van der Waals surface area contributed by atoms with E-state index < -0.39 is 24.5 Å². The summed E-state index contributed by atoms with van der Waals surface area (Å²) in [6.07, 6.45) is 36.0. The normalized spacial score (nSPS) is 19.8. The molecule has 0 aromatic carbocycles. The van der Waals surface area contributed by atoms with E-state index in [4.69, 9.17) is 4.74 Å². The van der Waals surface area contributed by atoms with Crippen molar-refractivity contribution in [3.63, 3.8) is 0 Å². The van der Waals surface area contributed by atoms with E-state index in [0.29, 0.717) is 13.0 Å². The lowest BCUT2D eigenvalue weighted by Crippen LogP contribution is -2.60. The topological polar surface area (TPSA) is 90.2 Å². The quantitative estimate of drug-likeness (QED) is 0.0594. The molecule has 0 aliphatic carbocycles. The van der Waals surface area contributed by atoms with Crippen LogP contribution in [0.15, 0.2) is 0 Å². The Kier molecular flexibility index (Phi) is 30.7. The van der Waals surface area contributed by atoms with Crippen molar-refractivity contribution in [1.29, 1.82) is 0 Å². The van der Waals surface area contributed by atoms with E-state index in [0.717, 1.165) is 38.5 Å². The van der Waals surface area contributed by atoms with Gasteiger partial charge in [-0.2, -0.15) is 0 Å². The van der Waals surface area contributed by atoms with Crippen LogP contribution in [0.25, 0.3) is 0 Å². The largest absolute Gasteiger partial charge is 0.388 e. The van der Waals surface area contributed by atoms with Crippen molar-refractivity contribution in [1.82, 2.24) is 4.90 Å². The fourth-order valence-electron chi connectivity index (χ4n) is 7.08. The lowest BCUT2D eigenvalue weighted by Gasteiger charge is -2.41. The van der Waals surface area contributed by atoms with Gasteiger partial charge in [0.05, 0.1) is 6.61 Å². The Morgan fingerprint density at radius 3 is 1.17 bits per heavy atom. The highest BCUT2D eigenvalue weighted by molar-refractivity contribution is 5.76. The lowest BCUT2D eigenvalue weighted by atomic mass is 10.0. The van der Waals surface area contributed by atoms with Gasteiger partial charge in [-0.1, -0.05) is 200 Å². The maximum Gasteiger partial charge on any atom is 0.224 e. The van der Waals surface area contributed by atoms with Crippen LogP contribution in [-0.4, -0.2) is 63.8 Å². The molecule has 1 saturated heterocycles. The van der Waals surface area contributed by atoms with Gasteiger partial charge < -0.3 is 25.0 Å². The molecule has 1 aliphatic rings. The Bertz CT molecular complexity index is 676. The number of nitrogens with zero attached hydrogens (tertiary/aromatic N) is 1. The summed E-state index contributed by atoms with van der Waals surface area (Å²) in [5.41, 5.74) is 0. The minimum absolute atomic E-state index is 0.00621. The maximum absolute atomic E-state index is 13.3. The van der Waals surface area contributed by atoms with Gasteiger partial charge in [0.15, 0.2) is 6.23 Å². The Morgan fingerprint density at radius 1 is 0.489 bits per heavy atom. The van der Waals surface area contributed by atoms with Crippen LogP contribution >= 0.6 is 0 Å². The third kappa shape index (κ3) is 24.2. The van der Waals surface area contributed by atoms with Crippen molar-refractivity contribution in [2.75, 3.05) is 13.2 Å². The van der Waals surface area contributed by atoms with Crippen molar-refractivity contribution in [3.05, 3.63) is 0 Å². The first-order valence-corrected chi connectivity index (χ1v) is 21.0. The highest BCUT2D eigenvalue weighted by Gasteiger charge is 2.41. The van der Waals surface area contributed by atoms with Crippen LogP contribution in [0.1, 0.15) is 219 Å². The summed E-state index contributed by atoms with van der Waals surface area (Å²) < 4.78 is 5.71. The Labute approximate surface area is 292 Å². The van der Waals surface area contributed by atoms with Gasteiger partial charge >= 0.3 is 0 Å². The van der Waals surface area contributed by atoms with Gasteiger partial charge in [-0.15, -0.1) is 0 Å². The SMILES string of the molecule is CCCCCCCCCCCCCCCCCCN(C(=O)CCCCCCCCCCCCCCCCC)[C@H]1OC[C@@H](O)[C@@H](O)[C@@H]1O. The van der Waals surface area contributed by atoms with E-state index >= 15 is 0 Å². The molecule has 6 nitrogen and oxygen atoms in total. The van der Waals surface area contributed by atoms with Crippen molar-refractivity contribution < 1.29 is 24.9 Å². The number of aliphatic hydroxyl groups excluding tert-OH is 3. The van der Waals surface area contributed by atoms with E-state index in [2.05, 4.69) is 13.8 Å². The predicted molar refractivity (Wildman–Crippen MR) is 199 cm³/mol. The zero-order valence-corrected chi connectivity index (χ0v) is 31.5. The van der Waals surface area contributed by atoms with Crippen LogP contribution in [-0.2, 0) is 9.53 Å². The fraction of sp³-hybridized carbons (Fsp3) is 0.976. The standard InChI is InChI=1S/C41H81NO5/c1-3-5-7-9-11-13-15-17-19-21-23-25-27-29-31-33-35-42(41-40(46)39(45)37(43)36-47-41)38(44)34-32-30-28-26-24-22-20-18-16-14-12-10-8-6-4-2/h37,39-41,43,45-46H,3-36H2,1-2H3/t37-,39-,40+,41+/m1/s1. The van der Waals surface area contributed by atoms with E-state index in [1.54, 1.807) is 4.90 Å². The smallest absolute Gasteiger partial charge is 0.224 e. The minimum Gasteiger partial charge on any atom is -0.388 e. The zero-order valence-electron chi connectivity index (χ0n) is 31.5. The molecule has 4 atom stereocenters. The summed E-state index contributed by atoms with van der Waals surface area (Å²) in [7, 11) is 0. The molecule has 1 rings (SSSR count). The van der Waals surface area contributed by atoms with Crippen LogP contribution in [0.5, 0.6) is 0 Å². The van der Waals surface area contributed by atoms with Gasteiger partial charge in [0.25, 0.3) is 0 Å². The van der Waals surface area contributed by atoms with Crippen molar-refractivity contribution in [2.45, 2.75) is 244 Å². The lowest BCUT2D eigenvalue weighted by molar-refractivity contribution is -0.228. The number of carbonyl (C=O) groups excluding carboxylic acids is 1. The first-order valence-electron chi connectivity index (χ1n) is 21.0. The van der Waals surface area contributed by atoms with Crippen LogP contribution < -0.4 is 0 Å². The van der Waals surface area contributed by atoms with E-state index in [9.17, 15) is 20.1 Å². The molecule has 1 heterocycles. The second kappa shape index (κ2) is 32.5. The van der Waals surface area contributed by atoms with Crippen LogP contribution in [0.3, 0.4) is 0 Å². The summed E-state index contributed by atoms with van der Waals surface area (Å²) in [6, 6.07) is 0. The molecule has 3 N–H and O–H groups in total. The molecule has 1 fully saturated rings. The van der Waals surface area contributed by atoms with Gasteiger partial charge in [0, 0.05) is 13.0 Å². The molecule has 6 heteroatoms. The Hall–Kier alpha value is -0.690. The van der Waals surface area contributed by atoms with Crippen molar-refractivity contribution in [3.8, 4) is 0 Å². The number of ether oxygens (including phenoxy) is 1. The van der Waals surface area contributed by atoms with E-state index in [1.807, 2.05) is 0 Å². The highest BCUT2D eigenvalue weighted by atomic mass is 16.5. The molecule has 1 amide bonds. The van der Waals surface area contributed by atoms with Gasteiger partial charge in [-0.3, -0.25) is 4.79 Å². The van der Waals surface area contributed by atoms with Crippen LogP contribution in [0.4, 0.5) is 0 Å². The third-order valence-electron chi connectivity index (χ3n) is 10.3. The van der Waals surface area contributed by atoms with Crippen molar-refractivity contribution in [2.24, 2.45) is 0 Å². The molecular weight excluding hydrogens is 586 g/mol. The average molecular weight is 668 g/mol. The summed E-state index contributed by atoms with van der Waals surface area (Å²) in [5.74, 6) is -0.00621. The zero-order chi connectivity index (χ0) is 34.2. The minimum atomic E-state index is -1.29. The highest BCUT2D eigenvalue weighted by Crippen LogP contribution is 2.22. The number of carbonyl (C=O) groups is 1. The number of hydrogen-bond acceptors (Lipinski definition) is 5. The second-order valence-electron chi connectivity index (χ2n) is 14.9. The number of hydrogen-bond donors (Lipinski definition) is 3. The molecule has 280 valence electrons. The molecule has 0 aromatic rings. The van der Waals surface area contributed by atoms with Gasteiger partial charge in [-0.05, 0) is 12.8 Å². The first kappa shape index (κ1) is 44.3. The Morgan fingerprint density at radius 2 is 0.809 bits per heavy atom. The van der Waals surface area contributed by atoms with E-state index in [1.165, 1.54) is 161 Å². The maximum atomic E-state index is 13.3. The van der Waals surface area contributed by atoms with E-state index in [-0.39, 0.29) is 12.5 Å². The number of unbranched alkanes of at least 4 members (excludes halogenated alkanes) is 29. The van der Waals surface area contributed by atoms with Crippen molar-refractivity contribution >= 4 is 5.91 Å². The number of amides is 1. The third-order valence-corrected chi connectivity index (χ3v) is 10.3. The van der Waals surface area contributed by atoms with Gasteiger partial charge in [0.2, 0.25) is 5.91 Å². The number of rotatable bonds is 34. The molecular formula is C41H81NO5. The molecule has 0 unspecified atom stereocenters. The molecule has 0 bridgehead atoms. The molecule has 0 aromatic heterocycles. The predicted octanol–water partition coefficient (Wildman–Crippen LogP) is 10.8. The van der Waals surface area contributed by atoms with Gasteiger partial charge in [-0.25, -0.2) is 0 Å². The average Bonchev–Trinajstić information content (AvgIpc) is 3.07. The summed E-state index contributed by atoms with van der Waals surface area (Å²) >= 11 is 0. The summed E-state index contributed by atoms with van der Waals surface area (Å²) in [5, 5.41) is 30.8. The van der Waals surface area contributed by atoms with Gasteiger partial charge in [0.1, 0.15) is 18.3 Å². The second-order valence-corrected chi connectivity index (χ2v) is 14.9. The summed E-state index contributed by atoms with van der Waals surface area (Å²) in [4.78, 5) is 14.9. The fourth-order valence-corrected chi connectivity index (χ4v) is 7.08. The summed E-state index contributed by atoms with van der Waals surface area (Å²) in [6.45, 7) is 5.01. The Balaban J connectivity index is 2.17. The van der Waals surface area contributed by atoms with Crippen LogP contribution in [0.2, 0.25) is 0 Å². The molecule has 47 heavy (non-hydrogen) atoms. The molecule has 1 aliphatic heterocycles. The molecule has 0 radical (unpaired) electrons. The number of aliphatic hydroxyl groups is 3.